The number of fused-ring (bicyclic) bond motifs is 3. The van der Waals surface area contributed by atoms with E-state index in [0.717, 1.165) is 44.1 Å². The molecule has 8 nitrogen and oxygen atoms in total. The number of hydrogen-bond donors (Lipinski definition) is 0. The molecule has 0 aliphatic rings. The van der Waals surface area contributed by atoms with Crippen LogP contribution in [0.15, 0.2) is 182 Å². The minimum absolute atomic E-state index is 0.288. The van der Waals surface area contributed by atoms with Crippen molar-refractivity contribution in [3.05, 3.63) is 204 Å². The summed E-state index contributed by atoms with van der Waals surface area (Å²) in [4.78, 5) is 15.1. The van der Waals surface area contributed by atoms with Crippen molar-refractivity contribution in [2.24, 2.45) is 0 Å². The SMILES string of the molecule is N#Cc1ccc(-c2cc(-c3nc(-c4ccccc4)nc(-c4ccccc4)n3)cc(-c3ccc(C#N)cc3C#N)c2-n2c3ccccc3c3cc(-c4ccccc4)ccc32)c(C#N)c1. The van der Waals surface area contributed by atoms with Crippen LogP contribution < -0.4 is 0 Å². The number of aromatic nitrogens is 4. The first-order valence-corrected chi connectivity index (χ1v) is 20.1. The van der Waals surface area contributed by atoms with E-state index in [2.05, 4.69) is 71.3 Å². The van der Waals surface area contributed by atoms with Gasteiger partial charge >= 0.3 is 0 Å². The second-order valence-electron chi connectivity index (χ2n) is 14.9. The van der Waals surface area contributed by atoms with Crippen molar-refractivity contribution in [3.63, 3.8) is 0 Å². The van der Waals surface area contributed by atoms with Gasteiger partial charge in [0, 0.05) is 49.7 Å². The number of nitriles is 4. The quantitative estimate of drug-likeness (QED) is 0.156. The number of para-hydroxylation sites is 1. The van der Waals surface area contributed by atoms with Crippen LogP contribution in [0.4, 0.5) is 0 Å². The average Bonchev–Trinajstić information content (AvgIpc) is 3.69. The molecule has 290 valence electrons. The summed E-state index contributed by atoms with van der Waals surface area (Å²) in [7, 11) is 0. The molecule has 0 radical (unpaired) electrons. The maximum absolute atomic E-state index is 10.8. The average molecular weight is 803 g/mol. The molecule has 0 bridgehead atoms. The van der Waals surface area contributed by atoms with Crippen LogP contribution in [-0.2, 0) is 0 Å². The van der Waals surface area contributed by atoms with Gasteiger partial charge in [0.2, 0.25) is 0 Å². The Kier molecular flexibility index (Phi) is 9.56. The van der Waals surface area contributed by atoms with Crippen molar-refractivity contribution in [3.8, 4) is 97.5 Å². The number of nitrogens with zero attached hydrogens (tertiary/aromatic N) is 8. The van der Waals surface area contributed by atoms with E-state index in [9.17, 15) is 21.0 Å². The molecule has 0 aliphatic heterocycles. The molecule has 0 spiro atoms. The predicted octanol–water partition coefficient (Wildman–Crippen LogP) is 12.5. The van der Waals surface area contributed by atoms with Crippen LogP contribution in [-0.4, -0.2) is 19.5 Å². The van der Waals surface area contributed by atoms with Crippen LogP contribution in [0.3, 0.4) is 0 Å². The van der Waals surface area contributed by atoms with E-state index in [1.807, 2.05) is 103 Å². The molecule has 0 aliphatic carbocycles. The summed E-state index contributed by atoms with van der Waals surface area (Å²) in [5.41, 5.74) is 10.4. The van der Waals surface area contributed by atoms with Crippen molar-refractivity contribution in [2.45, 2.75) is 0 Å². The van der Waals surface area contributed by atoms with E-state index < -0.39 is 0 Å². The van der Waals surface area contributed by atoms with E-state index in [1.54, 1.807) is 36.4 Å². The van der Waals surface area contributed by atoms with Crippen molar-refractivity contribution >= 4 is 21.8 Å². The highest BCUT2D eigenvalue weighted by atomic mass is 15.0. The number of benzene rings is 8. The largest absolute Gasteiger partial charge is 0.308 e. The van der Waals surface area contributed by atoms with Crippen LogP contribution >= 0.6 is 0 Å². The fourth-order valence-corrected chi connectivity index (χ4v) is 8.26. The summed E-state index contributed by atoms with van der Waals surface area (Å²) < 4.78 is 2.19. The van der Waals surface area contributed by atoms with Crippen molar-refractivity contribution in [1.29, 1.82) is 21.0 Å². The highest BCUT2D eigenvalue weighted by Crippen LogP contribution is 2.46. The lowest BCUT2D eigenvalue weighted by atomic mass is 9.88. The van der Waals surface area contributed by atoms with Crippen molar-refractivity contribution in [2.75, 3.05) is 0 Å². The maximum atomic E-state index is 10.8. The van der Waals surface area contributed by atoms with Gasteiger partial charge in [-0.3, -0.25) is 0 Å². The molecule has 0 N–H and O–H groups in total. The van der Waals surface area contributed by atoms with Gasteiger partial charge < -0.3 is 4.57 Å². The summed E-state index contributed by atoms with van der Waals surface area (Å²) >= 11 is 0. The van der Waals surface area contributed by atoms with E-state index in [-0.39, 0.29) is 11.1 Å². The van der Waals surface area contributed by atoms with Crippen LogP contribution in [0.5, 0.6) is 0 Å². The summed E-state index contributed by atoms with van der Waals surface area (Å²) in [6.07, 6.45) is 0. The van der Waals surface area contributed by atoms with Crippen molar-refractivity contribution < 1.29 is 0 Å². The van der Waals surface area contributed by atoms with Crippen LogP contribution in [0.25, 0.3) is 95.0 Å². The van der Waals surface area contributed by atoms with E-state index in [1.165, 1.54) is 0 Å². The fourth-order valence-electron chi connectivity index (χ4n) is 8.26. The Hall–Kier alpha value is -9.47. The second kappa shape index (κ2) is 15.9. The molecule has 10 rings (SSSR count). The maximum Gasteiger partial charge on any atom is 0.164 e. The zero-order chi connectivity index (χ0) is 42.9. The molecular formula is C55H30N8. The van der Waals surface area contributed by atoms with Gasteiger partial charge in [-0.15, -0.1) is 0 Å². The molecule has 0 saturated heterocycles. The molecular weight excluding hydrogens is 773 g/mol. The van der Waals surface area contributed by atoms with Gasteiger partial charge in [-0.05, 0) is 65.7 Å². The third kappa shape index (κ3) is 6.79. The summed E-state index contributed by atoms with van der Waals surface area (Å²) in [6.45, 7) is 0. The monoisotopic (exact) mass is 802 g/mol. The van der Waals surface area contributed by atoms with Crippen molar-refractivity contribution in [1.82, 2.24) is 19.5 Å². The highest BCUT2D eigenvalue weighted by molar-refractivity contribution is 6.12. The van der Waals surface area contributed by atoms with Gasteiger partial charge in [0.1, 0.15) is 0 Å². The molecule has 0 unspecified atom stereocenters. The Morgan fingerprint density at radius 3 is 1.30 bits per heavy atom. The van der Waals surface area contributed by atoms with Gasteiger partial charge in [-0.1, -0.05) is 127 Å². The van der Waals surface area contributed by atoms with Gasteiger partial charge in [0.25, 0.3) is 0 Å². The molecule has 8 heteroatoms. The minimum Gasteiger partial charge on any atom is -0.308 e. The lowest BCUT2D eigenvalue weighted by Gasteiger charge is -2.22. The first-order valence-electron chi connectivity index (χ1n) is 20.1. The first kappa shape index (κ1) is 37.8. The summed E-state index contributed by atoms with van der Waals surface area (Å²) in [6, 6.07) is 67.5. The molecule has 2 aromatic heterocycles. The molecule has 8 aromatic carbocycles. The molecule has 10 aromatic rings. The first-order chi connectivity index (χ1) is 31.0. The summed E-state index contributed by atoms with van der Waals surface area (Å²) in [5.74, 6) is 1.30. The van der Waals surface area contributed by atoms with Gasteiger partial charge in [0.15, 0.2) is 17.5 Å². The lowest BCUT2D eigenvalue weighted by molar-refractivity contribution is 1.07. The predicted molar refractivity (Wildman–Crippen MR) is 246 cm³/mol. The molecule has 0 saturated carbocycles. The van der Waals surface area contributed by atoms with Crippen LogP contribution in [0, 0.1) is 45.3 Å². The Balaban J connectivity index is 1.37. The zero-order valence-electron chi connectivity index (χ0n) is 33.4. The normalized spacial score (nSPS) is 10.8. The summed E-state index contributed by atoms with van der Waals surface area (Å²) in [5, 5.41) is 43.4. The van der Waals surface area contributed by atoms with E-state index in [0.29, 0.717) is 62.1 Å². The molecule has 63 heavy (non-hydrogen) atoms. The smallest absolute Gasteiger partial charge is 0.164 e. The zero-order valence-corrected chi connectivity index (χ0v) is 33.4. The fraction of sp³-hybridized carbons (Fsp3) is 0. The van der Waals surface area contributed by atoms with E-state index in [4.69, 9.17) is 15.0 Å². The third-order valence-electron chi connectivity index (χ3n) is 11.2. The Bertz CT molecular complexity index is 3450. The highest BCUT2D eigenvalue weighted by Gasteiger charge is 2.26. The third-order valence-corrected chi connectivity index (χ3v) is 11.2. The topological polar surface area (TPSA) is 139 Å². The second-order valence-corrected chi connectivity index (χ2v) is 14.9. The molecule has 2 heterocycles. The lowest BCUT2D eigenvalue weighted by Crippen LogP contribution is -2.05. The van der Waals surface area contributed by atoms with Crippen LogP contribution in [0.2, 0.25) is 0 Å². The molecule has 0 atom stereocenters. The number of rotatable bonds is 7. The molecule has 0 amide bonds. The molecule has 0 fully saturated rings. The van der Waals surface area contributed by atoms with Gasteiger partial charge in [0.05, 0.1) is 63.3 Å². The van der Waals surface area contributed by atoms with Gasteiger partial charge in [-0.2, -0.15) is 21.0 Å². The van der Waals surface area contributed by atoms with Crippen LogP contribution in [0.1, 0.15) is 22.3 Å². The Labute approximate surface area is 362 Å². The number of hydrogen-bond acceptors (Lipinski definition) is 7. The minimum atomic E-state index is 0.288. The Morgan fingerprint density at radius 1 is 0.333 bits per heavy atom. The van der Waals surface area contributed by atoms with Gasteiger partial charge in [-0.25, -0.2) is 15.0 Å². The standard InChI is InChI=1S/C55H30N8/c56-31-35-20-23-44(42(26-35)33-58)48-29-41(55-61-53(38-14-6-2-7-15-38)60-54(62-55)39-16-8-3-9-17-39)30-49(45-24-21-36(32-57)27-43(45)34-59)52(48)63-50-19-11-10-18-46(50)47-28-40(22-25-51(47)63)37-12-4-1-5-13-37/h1-30H. The van der Waals surface area contributed by atoms with E-state index >= 15 is 0 Å². The Morgan fingerprint density at radius 2 is 0.794 bits per heavy atom.